The standard InChI is InChI=1S/C23H23N3O3/c1-15-21(16(2)26(3)25-15)13-24-23(27)22-11-10-20(29-22)14-28-19-9-8-17-6-4-5-7-18(17)12-19/h4-12H,13-14H2,1-3H3,(H,24,27). The molecule has 0 atom stereocenters. The van der Waals surface area contributed by atoms with Gasteiger partial charge in [-0.1, -0.05) is 30.3 Å². The van der Waals surface area contributed by atoms with E-state index in [9.17, 15) is 4.79 Å². The fraction of sp³-hybridized carbons (Fsp3) is 0.217. The summed E-state index contributed by atoms with van der Waals surface area (Å²) in [7, 11) is 1.89. The number of amides is 1. The molecule has 0 radical (unpaired) electrons. The molecule has 0 saturated heterocycles. The molecule has 2 aromatic heterocycles. The average Bonchev–Trinajstić information content (AvgIpc) is 3.29. The van der Waals surface area contributed by atoms with Crippen molar-refractivity contribution in [1.82, 2.24) is 15.1 Å². The van der Waals surface area contributed by atoms with Gasteiger partial charge in [0, 0.05) is 24.8 Å². The molecule has 148 valence electrons. The first-order valence-corrected chi connectivity index (χ1v) is 9.49. The van der Waals surface area contributed by atoms with Crippen molar-refractivity contribution in [3.63, 3.8) is 0 Å². The van der Waals surface area contributed by atoms with E-state index in [0.717, 1.165) is 33.5 Å². The smallest absolute Gasteiger partial charge is 0.287 e. The fourth-order valence-corrected chi connectivity index (χ4v) is 3.32. The van der Waals surface area contributed by atoms with Crippen LogP contribution in [-0.4, -0.2) is 15.7 Å². The summed E-state index contributed by atoms with van der Waals surface area (Å²) in [5.41, 5.74) is 2.97. The summed E-state index contributed by atoms with van der Waals surface area (Å²) in [6, 6.07) is 17.5. The summed E-state index contributed by atoms with van der Waals surface area (Å²) < 4.78 is 13.3. The molecule has 0 aliphatic rings. The van der Waals surface area contributed by atoms with Crippen LogP contribution in [0.4, 0.5) is 0 Å². The molecule has 0 bridgehead atoms. The Hall–Kier alpha value is -3.54. The zero-order valence-corrected chi connectivity index (χ0v) is 16.7. The number of aryl methyl sites for hydroxylation is 2. The molecule has 0 aliphatic carbocycles. The highest BCUT2D eigenvalue weighted by Gasteiger charge is 2.14. The largest absolute Gasteiger partial charge is 0.486 e. The topological polar surface area (TPSA) is 69.3 Å². The third kappa shape index (κ3) is 4.01. The van der Waals surface area contributed by atoms with Crippen LogP contribution in [0.3, 0.4) is 0 Å². The highest BCUT2D eigenvalue weighted by atomic mass is 16.5. The third-order valence-corrected chi connectivity index (χ3v) is 5.07. The monoisotopic (exact) mass is 389 g/mol. The van der Waals surface area contributed by atoms with Crippen LogP contribution < -0.4 is 10.1 Å². The molecular weight excluding hydrogens is 366 g/mol. The Morgan fingerprint density at radius 2 is 1.90 bits per heavy atom. The van der Waals surface area contributed by atoms with Crippen LogP contribution in [0.1, 0.15) is 33.3 Å². The highest BCUT2D eigenvalue weighted by molar-refractivity contribution is 5.91. The van der Waals surface area contributed by atoms with Gasteiger partial charge in [0.2, 0.25) is 0 Å². The fourth-order valence-electron chi connectivity index (χ4n) is 3.32. The average molecular weight is 389 g/mol. The normalized spacial score (nSPS) is 11.0. The van der Waals surface area contributed by atoms with Crippen molar-refractivity contribution >= 4 is 16.7 Å². The number of rotatable bonds is 6. The van der Waals surface area contributed by atoms with E-state index in [-0.39, 0.29) is 18.3 Å². The Balaban J connectivity index is 1.36. The van der Waals surface area contributed by atoms with Crippen molar-refractivity contribution in [2.45, 2.75) is 27.0 Å². The van der Waals surface area contributed by atoms with Gasteiger partial charge in [-0.15, -0.1) is 0 Å². The molecule has 0 saturated carbocycles. The molecule has 0 aliphatic heterocycles. The lowest BCUT2D eigenvalue weighted by molar-refractivity contribution is 0.0919. The molecular formula is C23H23N3O3. The molecule has 6 heteroatoms. The molecule has 1 amide bonds. The van der Waals surface area contributed by atoms with Gasteiger partial charge in [0.05, 0.1) is 5.69 Å². The molecule has 2 aromatic carbocycles. The van der Waals surface area contributed by atoms with Gasteiger partial charge in [-0.05, 0) is 48.9 Å². The maximum absolute atomic E-state index is 12.4. The molecule has 0 unspecified atom stereocenters. The number of benzene rings is 2. The minimum absolute atomic E-state index is 0.256. The van der Waals surface area contributed by atoms with Crippen molar-refractivity contribution in [2.75, 3.05) is 0 Å². The van der Waals surface area contributed by atoms with Crippen LogP contribution in [0.15, 0.2) is 59.0 Å². The Bertz CT molecular complexity index is 1170. The number of ether oxygens (including phenoxy) is 1. The van der Waals surface area contributed by atoms with Gasteiger partial charge in [-0.3, -0.25) is 9.48 Å². The van der Waals surface area contributed by atoms with Gasteiger partial charge in [0.25, 0.3) is 5.91 Å². The quantitative estimate of drug-likeness (QED) is 0.534. The Morgan fingerprint density at radius 1 is 1.10 bits per heavy atom. The minimum atomic E-state index is -0.260. The molecule has 0 spiro atoms. The van der Waals surface area contributed by atoms with Crippen molar-refractivity contribution < 1.29 is 13.9 Å². The zero-order valence-electron chi connectivity index (χ0n) is 16.7. The van der Waals surface area contributed by atoms with Crippen LogP contribution in [0, 0.1) is 13.8 Å². The number of nitrogens with zero attached hydrogens (tertiary/aromatic N) is 2. The van der Waals surface area contributed by atoms with E-state index >= 15 is 0 Å². The number of hydrogen-bond acceptors (Lipinski definition) is 4. The number of nitrogens with one attached hydrogen (secondary N) is 1. The van der Waals surface area contributed by atoms with Gasteiger partial charge < -0.3 is 14.5 Å². The van der Waals surface area contributed by atoms with Crippen LogP contribution in [0.5, 0.6) is 5.75 Å². The predicted octanol–water partition coefficient (Wildman–Crippen LogP) is 4.29. The molecule has 0 fully saturated rings. The Kier molecular flexibility index (Phi) is 5.08. The first-order valence-electron chi connectivity index (χ1n) is 9.49. The molecule has 29 heavy (non-hydrogen) atoms. The van der Waals surface area contributed by atoms with E-state index in [2.05, 4.69) is 16.5 Å². The maximum Gasteiger partial charge on any atom is 0.287 e. The minimum Gasteiger partial charge on any atom is -0.486 e. The molecule has 6 nitrogen and oxygen atoms in total. The summed E-state index contributed by atoms with van der Waals surface area (Å²) in [6.45, 7) is 4.58. The van der Waals surface area contributed by atoms with Gasteiger partial charge in [0.1, 0.15) is 18.1 Å². The van der Waals surface area contributed by atoms with E-state index in [4.69, 9.17) is 9.15 Å². The second kappa shape index (κ2) is 7.83. The van der Waals surface area contributed by atoms with Crippen molar-refractivity contribution in [2.24, 2.45) is 7.05 Å². The van der Waals surface area contributed by atoms with Gasteiger partial charge in [0.15, 0.2) is 5.76 Å². The molecule has 2 heterocycles. The molecule has 4 aromatic rings. The van der Waals surface area contributed by atoms with E-state index in [1.54, 1.807) is 12.1 Å². The summed E-state index contributed by atoms with van der Waals surface area (Å²) in [6.07, 6.45) is 0. The molecule has 1 N–H and O–H groups in total. The lowest BCUT2D eigenvalue weighted by atomic mass is 10.1. The van der Waals surface area contributed by atoms with Crippen LogP contribution in [0.25, 0.3) is 10.8 Å². The summed E-state index contributed by atoms with van der Waals surface area (Å²) in [5.74, 6) is 1.36. The van der Waals surface area contributed by atoms with Gasteiger partial charge in [-0.2, -0.15) is 5.10 Å². The van der Waals surface area contributed by atoms with Gasteiger partial charge in [-0.25, -0.2) is 0 Å². The molecule has 4 rings (SSSR count). The number of furan rings is 1. The van der Waals surface area contributed by atoms with E-state index < -0.39 is 0 Å². The Labute approximate surface area is 169 Å². The van der Waals surface area contributed by atoms with Crippen LogP contribution in [-0.2, 0) is 20.2 Å². The maximum atomic E-state index is 12.4. The SMILES string of the molecule is Cc1nn(C)c(C)c1CNC(=O)c1ccc(COc2ccc3ccccc3c2)o1. The number of carbonyl (C=O) groups is 1. The number of aromatic nitrogens is 2. The first kappa shape index (κ1) is 18.8. The first-order chi connectivity index (χ1) is 14.0. The van der Waals surface area contributed by atoms with Gasteiger partial charge >= 0.3 is 0 Å². The summed E-state index contributed by atoms with van der Waals surface area (Å²) in [5, 5.41) is 9.53. The number of hydrogen-bond donors (Lipinski definition) is 1. The van der Waals surface area contributed by atoms with Crippen LogP contribution >= 0.6 is 0 Å². The zero-order chi connectivity index (χ0) is 20.4. The van der Waals surface area contributed by atoms with E-state index in [1.165, 1.54) is 0 Å². The third-order valence-electron chi connectivity index (χ3n) is 5.07. The number of carbonyl (C=O) groups excluding carboxylic acids is 1. The summed E-state index contributed by atoms with van der Waals surface area (Å²) >= 11 is 0. The van der Waals surface area contributed by atoms with Crippen molar-refractivity contribution in [3.8, 4) is 5.75 Å². The Morgan fingerprint density at radius 3 is 2.66 bits per heavy atom. The highest BCUT2D eigenvalue weighted by Crippen LogP contribution is 2.22. The van der Waals surface area contributed by atoms with E-state index in [1.807, 2.05) is 62.0 Å². The lowest BCUT2D eigenvalue weighted by Gasteiger charge is -2.06. The predicted molar refractivity (Wildman–Crippen MR) is 111 cm³/mol. The lowest BCUT2D eigenvalue weighted by Crippen LogP contribution is -2.23. The van der Waals surface area contributed by atoms with E-state index in [0.29, 0.717) is 12.3 Å². The van der Waals surface area contributed by atoms with Crippen LogP contribution in [0.2, 0.25) is 0 Å². The second-order valence-electron chi connectivity index (χ2n) is 7.02. The number of fused-ring (bicyclic) bond motifs is 1. The second-order valence-corrected chi connectivity index (χ2v) is 7.02. The summed E-state index contributed by atoms with van der Waals surface area (Å²) in [4.78, 5) is 12.4. The van der Waals surface area contributed by atoms with Crippen molar-refractivity contribution in [1.29, 1.82) is 0 Å². The van der Waals surface area contributed by atoms with Crippen molar-refractivity contribution in [3.05, 3.63) is 83.1 Å².